The average molecular weight is 368 g/mol. The molecule has 142 valence electrons. The fourth-order valence-corrected chi connectivity index (χ4v) is 3.82. The van der Waals surface area contributed by atoms with Gasteiger partial charge in [-0.15, -0.1) is 0 Å². The Kier molecular flexibility index (Phi) is 4.47. The summed E-state index contributed by atoms with van der Waals surface area (Å²) in [6, 6.07) is 7.15. The number of carbonyl (C=O) groups is 1. The third-order valence-electron chi connectivity index (χ3n) is 5.22. The molecular formula is C19H24N6O2. The molecule has 27 heavy (non-hydrogen) atoms. The Bertz CT molecular complexity index is 852. The normalized spacial score (nSPS) is 17.4. The van der Waals surface area contributed by atoms with E-state index in [1.165, 1.54) is 0 Å². The maximum Gasteiger partial charge on any atom is 0.343 e. The molecule has 8 nitrogen and oxygen atoms in total. The third kappa shape index (κ3) is 3.01. The van der Waals surface area contributed by atoms with Crippen molar-refractivity contribution in [1.29, 1.82) is 0 Å². The van der Waals surface area contributed by atoms with E-state index in [1.54, 1.807) is 41.4 Å². The number of hydrogen-bond donors (Lipinski definition) is 2. The number of urea groups is 1. The molecule has 2 aromatic rings. The first-order valence-corrected chi connectivity index (χ1v) is 9.36. The molecule has 1 aliphatic carbocycles. The summed E-state index contributed by atoms with van der Waals surface area (Å²) in [5.74, 6) is 1.24. The summed E-state index contributed by atoms with van der Waals surface area (Å²) in [4.78, 5) is 23.5. The van der Waals surface area contributed by atoms with Gasteiger partial charge in [0.25, 0.3) is 0 Å². The second-order valence-electron chi connectivity index (χ2n) is 6.88. The number of phenolic OH excluding ortho intramolecular Hbond substituents is 1. The van der Waals surface area contributed by atoms with Crippen molar-refractivity contribution in [3.63, 3.8) is 0 Å². The molecule has 1 saturated carbocycles. The topological polar surface area (TPSA) is 84.8 Å². The fourth-order valence-electron chi connectivity index (χ4n) is 3.82. The van der Waals surface area contributed by atoms with Crippen molar-refractivity contribution in [1.82, 2.24) is 15.0 Å². The number of nitrogens with one attached hydrogen (secondary N) is 1. The van der Waals surface area contributed by atoms with Gasteiger partial charge in [0.2, 0.25) is 5.95 Å². The third-order valence-corrected chi connectivity index (χ3v) is 5.22. The van der Waals surface area contributed by atoms with Crippen LogP contribution in [0.1, 0.15) is 32.6 Å². The minimum atomic E-state index is -0.0677. The van der Waals surface area contributed by atoms with Crippen LogP contribution in [0.5, 0.6) is 5.75 Å². The summed E-state index contributed by atoms with van der Waals surface area (Å²) in [6.07, 6.45) is 6.06. The Morgan fingerprint density at radius 3 is 2.70 bits per heavy atom. The zero-order valence-electron chi connectivity index (χ0n) is 15.6. The van der Waals surface area contributed by atoms with E-state index >= 15 is 0 Å². The van der Waals surface area contributed by atoms with E-state index < -0.39 is 0 Å². The molecule has 4 rings (SSSR count). The van der Waals surface area contributed by atoms with Crippen molar-refractivity contribution < 1.29 is 9.90 Å². The maximum absolute atomic E-state index is 12.8. The average Bonchev–Trinajstić information content (AvgIpc) is 3.20. The van der Waals surface area contributed by atoms with Gasteiger partial charge in [-0.25, -0.2) is 14.8 Å². The first-order chi connectivity index (χ1) is 13.1. The lowest BCUT2D eigenvalue weighted by atomic mass is 10.2. The Balaban J connectivity index is 1.75. The van der Waals surface area contributed by atoms with Gasteiger partial charge in [-0.2, -0.15) is 4.98 Å². The van der Waals surface area contributed by atoms with E-state index in [9.17, 15) is 9.90 Å². The Hall–Kier alpha value is -3.03. The second-order valence-corrected chi connectivity index (χ2v) is 6.88. The molecular weight excluding hydrogens is 344 g/mol. The van der Waals surface area contributed by atoms with Crippen LogP contribution in [0, 0.1) is 0 Å². The Morgan fingerprint density at radius 2 is 2.00 bits per heavy atom. The number of phenols is 1. The number of hydrogen-bond acceptors (Lipinski definition) is 6. The highest BCUT2D eigenvalue weighted by atomic mass is 16.3. The zero-order valence-corrected chi connectivity index (χ0v) is 15.6. The molecule has 0 atom stereocenters. The minimum Gasteiger partial charge on any atom is -0.506 e. The van der Waals surface area contributed by atoms with E-state index in [0.29, 0.717) is 23.9 Å². The van der Waals surface area contributed by atoms with Crippen LogP contribution in [0.25, 0.3) is 0 Å². The summed E-state index contributed by atoms with van der Waals surface area (Å²) in [6.45, 7) is 2.55. The first kappa shape index (κ1) is 17.4. The fraction of sp³-hybridized carbons (Fsp3) is 0.421. The number of benzene rings is 1. The van der Waals surface area contributed by atoms with Crippen LogP contribution in [-0.2, 0) is 0 Å². The van der Waals surface area contributed by atoms with Crippen LogP contribution in [0.15, 0.2) is 30.5 Å². The predicted molar refractivity (Wildman–Crippen MR) is 104 cm³/mol. The quantitative estimate of drug-likeness (QED) is 0.804. The molecule has 2 heterocycles. The molecule has 0 bridgehead atoms. The first-order valence-electron chi connectivity index (χ1n) is 9.36. The molecule has 1 fully saturated rings. The molecule has 1 aromatic heterocycles. The number of amides is 2. The molecule has 0 spiro atoms. The van der Waals surface area contributed by atoms with E-state index in [2.05, 4.69) is 10.3 Å². The van der Waals surface area contributed by atoms with Crippen molar-refractivity contribution in [3.8, 4) is 5.75 Å². The Morgan fingerprint density at radius 1 is 1.26 bits per heavy atom. The summed E-state index contributed by atoms with van der Waals surface area (Å²) in [5, 5.41) is 16.9. The minimum absolute atomic E-state index is 0.0677. The Labute approximate surface area is 158 Å². The molecule has 0 saturated heterocycles. The largest absolute Gasteiger partial charge is 0.506 e. The molecule has 8 heteroatoms. The second kappa shape index (κ2) is 6.94. The highest BCUT2D eigenvalue weighted by molar-refractivity contribution is 5.98. The van der Waals surface area contributed by atoms with Crippen LogP contribution in [-0.4, -0.2) is 45.7 Å². The molecule has 0 unspecified atom stereocenters. The smallest absolute Gasteiger partial charge is 0.343 e. The maximum atomic E-state index is 12.8. The van der Waals surface area contributed by atoms with Gasteiger partial charge < -0.3 is 10.4 Å². The van der Waals surface area contributed by atoms with Gasteiger partial charge in [-0.1, -0.05) is 25.0 Å². The highest BCUT2D eigenvalue weighted by Crippen LogP contribution is 2.39. The van der Waals surface area contributed by atoms with E-state index in [1.807, 2.05) is 18.0 Å². The summed E-state index contributed by atoms with van der Waals surface area (Å²) >= 11 is 0. The molecule has 1 aromatic carbocycles. The number of aromatic nitrogens is 2. The van der Waals surface area contributed by atoms with Crippen LogP contribution >= 0.6 is 0 Å². The van der Waals surface area contributed by atoms with E-state index in [-0.39, 0.29) is 17.8 Å². The summed E-state index contributed by atoms with van der Waals surface area (Å²) < 4.78 is 0. The molecule has 2 aliphatic rings. The van der Waals surface area contributed by atoms with Gasteiger partial charge in [0, 0.05) is 13.6 Å². The standard InChI is InChI=1S/C19H24N6O2/c1-3-24-19(27)23(2)15-12-20-18(21-14-10-6-7-11-16(14)26)22-17(15)25(24)13-8-4-5-9-13/h6-7,10-13,26H,3-5,8-9H2,1-2H3,(H,20,21,22). The van der Waals surface area contributed by atoms with Crippen molar-refractivity contribution in [3.05, 3.63) is 30.5 Å². The number of fused-ring (bicyclic) bond motifs is 1. The van der Waals surface area contributed by atoms with Crippen LogP contribution in [0.4, 0.5) is 27.9 Å². The monoisotopic (exact) mass is 368 g/mol. The number of rotatable bonds is 4. The highest BCUT2D eigenvalue weighted by Gasteiger charge is 2.39. The van der Waals surface area contributed by atoms with Gasteiger partial charge in [-0.05, 0) is 31.9 Å². The van der Waals surface area contributed by atoms with Gasteiger partial charge >= 0.3 is 6.03 Å². The summed E-state index contributed by atoms with van der Waals surface area (Å²) in [5.41, 5.74) is 1.23. The lowest BCUT2D eigenvalue weighted by Gasteiger charge is -2.45. The van der Waals surface area contributed by atoms with E-state index in [4.69, 9.17) is 4.98 Å². The lowest BCUT2D eigenvalue weighted by Crippen LogP contribution is -2.59. The van der Waals surface area contributed by atoms with Crippen LogP contribution in [0.3, 0.4) is 0 Å². The molecule has 0 radical (unpaired) electrons. The zero-order chi connectivity index (χ0) is 19.0. The van der Waals surface area contributed by atoms with Crippen molar-refractivity contribution in [2.24, 2.45) is 0 Å². The van der Waals surface area contributed by atoms with E-state index in [0.717, 1.165) is 31.5 Å². The van der Waals surface area contributed by atoms with Gasteiger partial charge in [-0.3, -0.25) is 9.91 Å². The SMILES string of the molecule is CCN1C(=O)N(C)c2cnc(Nc3ccccc3O)nc2N1C1CCCC1. The molecule has 1 aliphatic heterocycles. The lowest BCUT2D eigenvalue weighted by molar-refractivity contribution is 0.191. The van der Waals surface area contributed by atoms with Gasteiger partial charge in [0.1, 0.15) is 11.4 Å². The number of nitrogens with zero attached hydrogens (tertiary/aromatic N) is 5. The number of aromatic hydroxyl groups is 1. The number of para-hydroxylation sites is 2. The number of anilines is 4. The number of hydrazine groups is 1. The van der Waals surface area contributed by atoms with Crippen molar-refractivity contribution in [2.75, 3.05) is 28.8 Å². The van der Waals surface area contributed by atoms with Gasteiger partial charge in [0.05, 0.1) is 17.9 Å². The van der Waals surface area contributed by atoms with Gasteiger partial charge in [0.15, 0.2) is 5.82 Å². The molecule has 2 N–H and O–H groups in total. The number of carbonyl (C=O) groups excluding carboxylic acids is 1. The van der Waals surface area contributed by atoms with Crippen molar-refractivity contribution >= 4 is 29.2 Å². The van der Waals surface area contributed by atoms with Crippen LogP contribution < -0.4 is 15.2 Å². The van der Waals surface area contributed by atoms with Crippen molar-refractivity contribution in [2.45, 2.75) is 38.6 Å². The predicted octanol–water partition coefficient (Wildman–Crippen LogP) is 3.48. The summed E-state index contributed by atoms with van der Waals surface area (Å²) in [7, 11) is 1.75. The van der Waals surface area contributed by atoms with Crippen LogP contribution in [0.2, 0.25) is 0 Å². The molecule has 2 amide bonds.